The molecule has 1 heterocycles. The lowest BCUT2D eigenvalue weighted by molar-refractivity contribution is -0.117. The van der Waals surface area contributed by atoms with E-state index in [1.165, 1.54) is 14.2 Å². The summed E-state index contributed by atoms with van der Waals surface area (Å²) in [5.74, 6) is 0.223. The molecule has 9 nitrogen and oxygen atoms in total. The van der Waals surface area contributed by atoms with E-state index in [1.54, 1.807) is 54.5 Å². The maximum Gasteiger partial charge on any atom is 0.339 e. The van der Waals surface area contributed by atoms with E-state index in [4.69, 9.17) is 14.2 Å². The van der Waals surface area contributed by atoms with Crippen LogP contribution < -0.4 is 14.8 Å². The first-order valence-electron chi connectivity index (χ1n) is 10.2. The fourth-order valence-corrected chi connectivity index (χ4v) is 3.53. The van der Waals surface area contributed by atoms with Gasteiger partial charge in [-0.05, 0) is 30.3 Å². The van der Waals surface area contributed by atoms with Crippen LogP contribution in [-0.2, 0) is 9.53 Å². The van der Waals surface area contributed by atoms with E-state index in [2.05, 4.69) is 5.32 Å². The topological polar surface area (TPSA) is 97.4 Å². The van der Waals surface area contributed by atoms with Crippen LogP contribution in [0.2, 0.25) is 0 Å². The molecule has 3 rings (SSSR count). The van der Waals surface area contributed by atoms with Crippen molar-refractivity contribution in [2.24, 2.45) is 0 Å². The Labute approximate surface area is 186 Å². The Morgan fingerprint density at radius 3 is 2.25 bits per heavy atom. The number of amides is 2. The molecule has 0 spiro atoms. The standard InChI is InChI=1S/C23H27N3O6/c1-30-19-9-8-16(14-20(19)31-2)22(28)26-12-10-25(11-13-26)15-21(27)24-18-7-5-4-6-17(18)23(29)32-3/h4-9,14H,10-13,15H2,1-3H3,(H,24,27). The summed E-state index contributed by atoms with van der Waals surface area (Å²) in [6.07, 6.45) is 0. The molecular formula is C23H27N3O6. The van der Waals surface area contributed by atoms with E-state index >= 15 is 0 Å². The number of anilines is 1. The lowest BCUT2D eigenvalue weighted by Crippen LogP contribution is -2.50. The summed E-state index contributed by atoms with van der Waals surface area (Å²) in [5, 5.41) is 2.77. The van der Waals surface area contributed by atoms with E-state index in [0.29, 0.717) is 54.5 Å². The normalized spacial score (nSPS) is 13.9. The van der Waals surface area contributed by atoms with Crippen LogP contribution >= 0.6 is 0 Å². The summed E-state index contributed by atoms with van der Waals surface area (Å²) >= 11 is 0. The minimum Gasteiger partial charge on any atom is -0.493 e. The predicted molar refractivity (Wildman–Crippen MR) is 118 cm³/mol. The molecule has 2 amide bonds. The molecule has 0 aromatic heterocycles. The highest BCUT2D eigenvalue weighted by Crippen LogP contribution is 2.28. The van der Waals surface area contributed by atoms with Crippen LogP contribution in [0.3, 0.4) is 0 Å². The van der Waals surface area contributed by atoms with Gasteiger partial charge in [-0.3, -0.25) is 14.5 Å². The van der Waals surface area contributed by atoms with Gasteiger partial charge in [0.15, 0.2) is 11.5 Å². The maximum absolute atomic E-state index is 12.9. The van der Waals surface area contributed by atoms with Gasteiger partial charge in [0, 0.05) is 31.7 Å². The summed E-state index contributed by atoms with van der Waals surface area (Å²) in [5.41, 5.74) is 1.23. The van der Waals surface area contributed by atoms with Crippen molar-refractivity contribution in [1.29, 1.82) is 0 Å². The molecule has 2 aromatic rings. The molecular weight excluding hydrogens is 414 g/mol. The Balaban J connectivity index is 1.54. The molecule has 0 unspecified atom stereocenters. The molecule has 1 N–H and O–H groups in total. The first-order chi connectivity index (χ1) is 15.5. The van der Waals surface area contributed by atoms with Crippen LogP contribution in [0.25, 0.3) is 0 Å². The molecule has 32 heavy (non-hydrogen) atoms. The van der Waals surface area contributed by atoms with Crippen molar-refractivity contribution in [2.45, 2.75) is 0 Å². The third-order valence-electron chi connectivity index (χ3n) is 5.26. The minimum atomic E-state index is -0.511. The molecule has 9 heteroatoms. The Morgan fingerprint density at radius 2 is 1.59 bits per heavy atom. The Morgan fingerprint density at radius 1 is 0.906 bits per heavy atom. The second-order valence-corrected chi connectivity index (χ2v) is 7.22. The predicted octanol–water partition coefficient (Wildman–Crippen LogP) is 1.89. The number of hydrogen-bond donors (Lipinski definition) is 1. The third-order valence-corrected chi connectivity index (χ3v) is 5.26. The number of nitrogens with one attached hydrogen (secondary N) is 1. The second kappa shape index (κ2) is 10.6. The van der Waals surface area contributed by atoms with Gasteiger partial charge in [0.05, 0.1) is 39.1 Å². The molecule has 170 valence electrons. The zero-order chi connectivity index (χ0) is 23.1. The fraction of sp³-hybridized carbons (Fsp3) is 0.348. The van der Waals surface area contributed by atoms with Crippen molar-refractivity contribution in [1.82, 2.24) is 9.80 Å². The molecule has 1 saturated heterocycles. The molecule has 0 bridgehead atoms. The molecule has 1 aliphatic heterocycles. The summed E-state index contributed by atoms with van der Waals surface area (Å²) in [6, 6.07) is 11.8. The molecule has 0 saturated carbocycles. The van der Waals surface area contributed by atoms with E-state index in [1.807, 2.05) is 4.90 Å². The van der Waals surface area contributed by atoms with Crippen molar-refractivity contribution in [3.05, 3.63) is 53.6 Å². The number of carbonyl (C=O) groups excluding carboxylic acids is 3. The number of piperazine rings is 1. The minimum absolute atomic E-state index is 0.0953. The van der Waals surface area contributed by atoms with Gasteiger partial charge in [-0.2, -0.15) is 0 Å². The van der Waals surface area contributed by atoms with Crippen LogP contribution in [0.1, 0.15) is 20.7 Å². The van der Waals surface area contributed by atoms with Crippen LogP contribution in [0, 0.1) is 0 Å². The van der Waals surface area contributed by atoms with Gasteiger partial charge in [0.25, 0.3) is 5.91 Å². The Bertz CT molecular complexity index is 985. The highest BCUT2D eigenvalue weighted by atomic mass is 16.5. The van der Waals surface area contributed by atoms with E-state index in [9.17, 15) is 14.4 Å². The zero-order valence-corrected chi connectivity index (χ0v) is 18.4. The summed E-state index contributed by atoms with van der Waals surface area (Å²) < 4.78 is 15.2. The van der Waals surface area contributed by atoms with Crippen LogP contribution in [-0.4, -0.2) is 81.6 Å². The number of para-hydroxylation sites is 1. The monoisotopic (exact) mass is 441 g/mol. The molecule has 0 radical (unpaired) electrons. The first-order valence-corrected chi connectivity index (χ1v) is 10.2. The number of esters is 1. The number of ether oxygens (including phenoxy) is 3. The molecule has 0 atom stereocenters. The maximum atomic E-state index is 12.9. The largest absolute Gasteiger partial charge is 0.493 e. The van der Waals surface area contributed by atoms with Gasteiger partial charge in [-0.1, -0.05) is 12.1 Å². The Hall–Kier alpha value is -3.59. The smallest absolute Gasteiger partial charge is 0.339 e. The summed E-state index contributed by atoms with van der Waals surface area (Å²) in [4.78, 5) is 40.9. The SMILES string of the molecule is COC(=O)c1ccccc1NC(=O)CN1CCN(C(=O)c2ccc(OC)c(OC)c2)CC1. The van der Waals surface area contributed by atoms with Crippen molar-refractivity contribution in [3.63, 3.8) is 0 Å². The van der Waals surface area contributed by atoms with Gasteiger partial charge >= 0.3 is 5.97 Å². The van der Waals surface area contributed by atoms with Crippen molar-refractivity contribution >= 4 is 23.5 Å². The van der Waals surface area contributed by atoms with Crippen LogP contribution in [0.5, 0.6) is 11.5 Å². The molecule has 0 aliphatic carbocycles. The van der Waals surface area contributed by atoms with Crippen molar-refractivity contribution in [2.75, 3.05) is 59.4 Å². The second-order valence-electron chi connectivity index (χ2n) is 7.22. The average molecular weight is 441 g/mol. The lowest BCUT2D eigenvalue weighted by atomic mass is 10.1. The number of methoxy groups -OCH3 is 3. The van der Waals surface area contributed by atoms with Gasteiger partial charge in [-0.15, -0.1) is 0 Å². The van der Waals surface area contributed by atoms with E-state index in [0.717, 1.165) is 0 Å². The summed E-state index contributed by atoms with van der Waals surface area (Å²) in [7, 11) is 4.37. The number of benzene rings is 2. The van der Waals surface area contributed by atoms with Crippen LogP contribution in [0.4, 0.5) is 5.69 Å². The van der Waals surface area contributed by atoms with E-state index in [-0.39, 0.29) is 18.4 Å². The van der Waals surface area contributed by atoms with Gasteiger partial charge < -0.3 is 24.4 Å². The van der Waals surface area contributed by atoms with Gasteiger partial charge in [-0.25, -0.2) is 4.79 Å². The highest BCUT2D eigenvalue weighted by molar-refractivity contribution is 6.01. The highest BCUT2D eigenvalue weighted by Gasteiger charge is 2.24. The third kappa shape index (κ3) is 5.36. The summed E-state index contributed by atoms with van der Waals surface area (Å²) in [6.45, 7) is 2.28. The molecule has 1 fully saturated rings. The fourth-order valence-electron chi connectivity index (χ4n) is 3.53. The van der Waals surface area contributed by atoms with Crippen molar-refractivity contribution in [3.8, 4) is 11.5 Å². The number of rotatable bonds is 7. The number of hydrogen-bond acceptors (Lipinski definition) is 7. The van der Waals surface area contributed by atoms with Gasteiger partial charge in [0.1, 0.15) is 0 Å². The lowest BCUT2D eigenvalue weighted by Gasteiger charge is -2.34. The van der Waals surface area contributed by atoms with E-state index < -0.39 is 5.97 Å². The van der Waals surface area contributed by atoms with Crippen LogP contribution in [0.15, 0.2) is 42.5 Å². The number of nitrogens with zero attached hydrogens (tertiary/aromatic N) is 2. The zero-order valence-electron chi connectivity index (χ0n) is 18.4. The molecule has 1 aliphatic rings. The first kappa shape index (κ1) is 23.1. The average Bonchev–Trinajstić information content (AvgIpc) is 2.83. The molecule has 2 aromatic carbocycles. The van der Waals surface area contributed by atoms with Gasteiger partial charge in [0.2, 0.25) is 5.91 Å². The Kier molecular flexibility index (Phi) is 7.67. The number of carbonyl (C=O) groups is 3. The van der Waals surface area contributed by atoms with Crippen molar-refractivity contribution < 1.29 is 28.6 Å². The quantitative estimate of drug-likeness (QED) is 0.656.